The minimum absolute atomic E-state index is 0.0195. The smallest absolute Gasteiger partial charge is 0.0988 e. The van der Waals surface area contributed by atoms with Crippen molar-refractivity contribution in [3.63, 3.8) is 0 Å². The van der Waals surface area contributed by atoms with E-state index in [9.17, 15) is 5.11 Å². The Morgan fingerprint density at radius 1 is 1.16 bits per heavy atom. The first-order valence-corrected chi connectivity index (χ1v) is 13.1. The number of aliphatic hydroxyl groups is 1. The Kier molecular flexibility index (Phi) is 7.08. The molecule has 4 atom stereocenters. The fourth-order valence-electron chi connectivity index (χ4n) is 6.56. The molecule has 0 bridgehead atoms. The highest BCUT2D eigenvalue weighted by Crippen LogP contribution is 2.53. The first kappa shape index (κ1) is 23.8. The summed E-state index contributed by atoms with van der Waals surface area (Å²) in [6, 6.07) is 0. The second-order valence-electron chi connectivity index (χ2n) is 11.8. The molecule has 2 aliphatic heterocycles. The lowest BCUT2D eigenvalue weighted by atomic mass is 9.61. The summed E-state index contributed by atoms with van der Waals surface area (Å²) in [5.74, 6) is 1.55. The number of nitrogens with zero attached hydrogens (tertiary/aromatic N) is 1. The molecule has 0 aromatic carbocycles. The summed E-state index contributed by atoms with van der Waals surface area (Å²) in [7, 11) is 0. The van der Waals surface area contributed by atoms with Crippen molar-refractivity contribution in [1.29, 1.82) is 0 Å². The Hall–Kier alpha value is -1.32. The lowest BCUT2D eigenvalue weighted by Crippen LogP contribution is -2.55. The molecular formula is C29H45NO2. The van der Waals surface area contributed by atoms with Crippen molar-refractivity contribution in [1.82, 2.24) is 4.90 Å². The van der Waals surface area contributed by atoms with Crippen molar-refractivity contribution >= 4 is 0 Å². The maximum atomic E-state index is 11.3. The molecule has 0 amide bonds. The van der Waals surface area contributed by atoms with Crippen molar-refractivity contribution in [2.75, 3.05) is 19.6 Å². The number of ether oxygens (including phenoxy) is 1. The standard InChI is InChI=1S/C29H45NO2/c1-6-7-8-9-14-28(2,3)22-18-25(31)27-23-17-21(20-30-15-10-11-16-30)12-13-24(23)29(4,5)32-26(27)19-22/h10-12,18-19,23-24,26-27,31H,6-9,13-17,20H2,1-5H3/t23-,24-,26?,27?/m0/s1. The minimum atomic E-state index is -0.173. The first-order chi connectivity index (χ1) is 15.2. The minimum Gasteiger partial charge on any atom is -0.512 e. The third-order valence-corrected chi connectivity index (χ3v) is 8.57. The van der Waals surface area contributed by atoms with Crippen LogP contribution in [0.1, 0.15) is 79.6 Å². The van der Waals surface area contributed by atoms with E-state index in [0.717, 1.165) is 38.9 Å². The normalized spacial score (nSPS) is 32.1. The Balaban J connectivity index is 1.51. The van der Waals surface area contributed by atoms with Crippen molar-refractivity contribution in [3.05, 3.63) is 47.3 Å². The van der Waals surface area contributed by atoms with Gasteiger partial charge in [-0.05, 0) is 62.0 Å². The Morgan fingerprint density at radius 2 is 1.91 bits per heavy atom. The maximum absolute atomic E-state index is 11.3. The summed E-state index contributed by atoms with van der Waals surface area (Å²) >= 11 is 0. The third kappa shape index (κ3) is 4.94. The molecule has 4 aliphatic rings. The first-order valence-electron chi connectivity index (χ1n) is 13.1. The van der Waals surface area contributed by atoms with Crippen LogP contribution in [-0.4, -0.2) is 41.3 Å². The molecule has 4 rings (SSSR count). The van der Waals surface area contributed by atoms with E-state index in [1.807, 2.05) is 0 Å². The number of aliphatic hydroxyl groups excluding tert-OH is 1. The molecule has 3 nitrogen and oxygen atoms in total. The molecule has 0 radical (unpaired) electrons. The number of rotatable bonds is 8. The molecule has 2 aliphatic carbocycles. The number of fused-ring (bicyclic) bond motifs is 3. The van der Waals surface area contributed by atoms with Gasteiger partial charge in [0.2, 0.25) is 0 Å². The van der Waals surface area contributed by atoms with Crippen LogP contribution >= 0.6 is 0 Å². The fraction of sp³-hybridized carbons (Fsp3) is 0.724. The fourth-order valence-corrected chi connectivity index (χ4v) is 6.56. The van der Waals surface area contributed by atoms with Crippen LogP contribution in [0.25, 0.3) is 0 Å². The zero-order valence-corrected chi connectivity index (χ0v) is 21.1. The van der Waals surface area contributed by atoms with Gasteiger partial charge in [-0.2, -0.15) is 0 Å². The largest absolute Gasteiger partial charge is 0.512 e. The summed E-state index contributed by atoms with van der Waals surface area (Å²) in [4.78, 5) is 2.50. The van der Waals surface area contributed by atoms with E-state index in [0.29, 0.717) is 17.6 Å². The average Bonchev–Trinajstić information content (AvgIpc) is 3.23. The molecule has 1 fully saturated rings. The van der Waals surface area contributed by atoms with Gasteiger partial charge in [0.05, 0.1) is 17.5 Å². The van der Waals surface area contributed by atoms with Gasteiger partial charge < -0.3 is 9.84 Å². The van der Waals surface area contributed by atoms with E-state index in [4.69, 9.17) is 4.74 Å². The molecule has 0 aromatic rings. The predicted molar refractivity (Wildman–Crippen MR) is 134 cm³/mol. The molecule has 32 heavy (non-hydrogen) atoms. The van der Waals surface area contributed by atoms with Crippen molar-refractivity contribution in [2.45, 2.75) is 91.3 Å². The van der Waals surface area contributed by atoms with Gasteiger partial charge in [0.15, 0.2) is 0 Å². The van der Waals surface area contributed by atoms with Gasteiger partial charge in [-0.1, -0.05) is 76.3 Å². The molecule has 2 unspecified atom stereocenters. The molecule has 1 saturated heterocycles. The van der Waals surface area contributed by atoms with Crippen molar-refractivity contribution < 1.29 is 9.84 Å². The van der Waals surface area contributed by atoms with Crippen molar-refractivity contribution in [3.8, 4) is 0 Å². The van der Waals surface area contributed by atoms with Gasteiger partial charge in [0.25, 0.3) is 0 Å². The van der Waals surface area contributed by atoms with Gasteiger partial charge in [0.1, 0.15) is 0 Å². The van der Waals surface area contributed by atoms with Gasteiger partial charge in [0, 0.05) is 25.6 Å². The average molecular weight is 440 g/mol. The Bertz CT molecular complexity index is 792. The van der Waals surface area contributed by atoms with Crippen molar-refractivity contribution in [2.24, 2.45) is 23.2 Å². The van der Waals surface area contributed by atoms with Crippen LogP contribution in [0.15, 0.2) is 47.3 Å². The molecule has 178 valence electrons. The summed E-state index contributed by atoms with van der Waals surface area (Å²) in [6.07, 6.45) is 19.9. The topological polar surface area (TPSA) is 32.7 Å². The van der Waals surface area contributed by atoms with Gasteiger partial charge in [-0.25, -0.2) is 0 Å². The Morgan fingerprint density at radius 3 is 2.62 bits per heavy atom. The highest BCUT2D eigenvalue weighted by atomic mass is 16.5. The van der Waals surface area contributed by atoms with Crippen LogP contribution in [0, 0.1) is 23.2 Å². The van der Waals surface area contributed by atoms with Crippen LogP contribution in [-0.2, 0) is 4.74 Å². The zero-order valence-electron chi connectivity index (χ0n) is 21.1. The lowest BCUT2D eigenvalue weighted by Gasteiger charge is -2.54. The summed E-state index contributed by atoms with van der Waals surface area (Å²) < 4.78 is 6.73. The zero-order chi connectivity index (χ0) is 22.9. The second kappa shape index (κ2) is 9.50. The van der Waals surface area contributed by atoms with Crippen LogP contribution in [0.4, 0.5) is 0 Å². The molecular weight excluding hydrogens is 394 g/mol. The van der Waals surface area contributed by atoms with E-state index in [2.05, 4.69) is 69.9 Å². The second-order valence-corrected chi connectivity index (χ2v) is 11.8. The third-order valence-electron chi connectivity index (χ3n) is 8.57. The monoisotopic (exact) mass is 439 g/mol. The number of hydrogen-bond donors (Lipinski definition) is 1. The number of unbranched alkanes of at least 4 members (excludes halogenated alkanes) is 3. The van der Waals surface area contributed by atoms with E-state index >= 15 is 0 Å². The van der Waals surface area contributed by atoms with Crippen LogP contribution in [0.3, 0.4) is 0 Å². The number of allylic oxidation sites excluding steroid dienone is 3. The van der Waals surface area contributed by atoms with Gasteiger partial charge in [-0.3, -0.25) is 4.90 Å². The van der Waals surface area contributed by atoms with Crippen LogP contribution in [0.2, 0.25) is 0 Å². The Labute approximate surface area is 196 Å². The maximum Gasteiger partial charge on any atom is 0.0988 e. The number of hydrogen-bond acceptors (Lipinski definition) is 3. The van der Waals surface area contributed by atoms with E-state index in [-0.39, 0.29) is 23.0 Å². The van der Waals surface area contributed by atoms with E-state index < -0.39 is 0 Å². The molecule has 0 saturated carbocycles. The molecule has 1 N–H and O–H groups in total. The molecule has 3 heteroatoms. The van der Waals surface area contributed by atoms with Gasteiger partial charge in [-0.15, -0.1) is 0 Å². The SMILES string of the molecule is CCCCCCC(C)(C)C1=CC2OC(C)(C)[C@H]3CC=C(CN4CC=CC4)C[C@@H]3C2C(O)=C1. The molecule has 0 aromatic heterocycles. The highest BCUT2D eigenvalue weighted by molar-refractivity contribution is 5.36. The summed E-state index contributed by atoms with van der Waals surface area (Å²) in [6.45, 7) is 14.7. The van der Waals surface area contributed by atoms with Crippen LogP contribution in [0.5, 0.6) is 0 Å². The quantitative estimate of drug-likeness (QED) is 0.327. The van der Waals surface area contributed by atoms with E-state index in [1.54, 1.807) is 5.57 Å². The highest BCUT2D eigenvalue weighted by Gasteiger charge is 2.52. The molecule has 0 spiro atoms. The lowest BCUT2D eigenvalue weighted by molar-refractivity contribution is -0.177. The molecule has 2 heterocycles. The van der Waals surface area contributed by atoms with Gasteiger partial charge >= 0.3 is 0 Å². The summed E-state index contributed by atoms with van der Waals surface area (Å²) in [5, 5.41) is 11.3. The summed E-state index contributed by atoms with van der Waals surface area (Å²) in [5.41, 5.74) is 2.70. The predicted octanol–water partition coefficient (Wildman–Crippen LogP) is 6.98. The van der Waals surface area contributed by atoms with Crippen LogP contribution < -0.4 is 0 Å². The van der Waals surface area contributed by atoms with E-state index in [1.165, 1.54) is 31.3 Å².